The fourth-order valence-corrected chi connectivity index (χ4v) is 3.95. The summed E-state index contributed by atoms with van der Waals surface area (Å²) in [5, 5.41) is 3.14. The highest BCUT2D eigenvalue weighted by molar-refractivity contribution is 5.79. The first kappa shape index (κ1) is 22.5. The molecule has 30 heavy (non-hydrogen) atoms. The highest BCUT2D eigenvalue weighted by Crippen LogP contribution is 2.19. The third-order valence-electron chi connectivity index (χ3n) is 6.44. The summed E-state index contributed by atoms with van der Waals surface area (Å²) in [5.41, 5.74) is 0. The lowest BCUT2D eigenvalue weighted by Gasteiger charge is -2.36. The Labute approximate surface area is 180 Å². The molecule has 1 aromatic rings. The van der Waals surface area contributed by atoms with Crippen molar-refractivity contribution in [1.82, 2.24) is 25.1 Å². The van der Waals surface area contributed by atoms with E-state index in [2.05, 4.69) is 45.9 Å². The molecular formula is C22H36N6O2. The fraction of sp³-hybridized carbons (Fsp3) is 0.727. The summed E-state index contributed by atoms with van der Waals surface area (Å²) >= 11 is 0. The van der Waals surface area contributed by atoms with Gasteiger partial charge in [0.15, 0.2) is 0 Å². The van der Waals surface area contributed by atoms with Gasteiger partial charge in [-0.15, -0.1) is 0 Å². The molecule has 2 aliphatic rings. The van der Waals surface area contributed by atoms with E-state index in [9.17, 15) is 9.59 Å². The van der Waals surface area contributed by atoms with E-state index in [1.165, 1.54) is 0 Å². The van der Waals surface area contributed by atoms with Crippen molar-refractivity contribution in [3.63, 3.8) is 0 Å². The molecule has 2 saturated heterocycles. The molecular weight excluding hydrogens is 380 g/mol. The van der Waals surface area contributed by atoms with Crippen molar-refractivity contribution in [3.8, 4) is 0 Å². The fourth-order valence-electron chi connectivity index (χ4n) is 3.95. The van der Waals surface area contributed by atoms with Gasteiger partial charge in [0.25, 0.3) is 0 Å². The Morgan fingerprint density at radius 3 is 2.27 bits per heavy atom. The van der Waals surface area contributed by atoms with E-state index >= 15 is 0 Å². The molecule has 0 aromatic carbocycles. The molecule has 8 nitrogen and oxygen atoms in total. The van der Waals surface area contributed by atoms with E-state index in [0.29, 0.717) is 25.4 Å². The molecule has 3 heterocycles. The lowest BCUT2D eigenvalue weighted by molar-refractivity contribution is -0.132. The van der Waals surface area contributed by atoms with Gasteiger partial charge < -0.3 is 20.0 Å². The number of nitrogens with one attached hydrogen (secondary N) is 1. The number of carbonyl (C=O) groups excluding carboxylic acids is 2. The van der Waals surface area contributed by atoms with Gasteiger partial charge in [-0.3, -0.25) is 9.59 Å². The van der Waals surface area contributed by atoms with Crippen LogP contribution in [0.3, 0.4) is 0 Å². The smallest absolute Gasteiger partial charge is 0.225 e. The average molecular weight is 417 g/mol. The van der Waals surface area contributed by atoms with Crippen LogP contribution in [0, 0.1) is 11.8 Å². The number of carbonyl (C=O) groups is 2. The van der Waals surface area contributed by atoms with Crippen molar-refractivity contribution in [1.29, 1.82) is 0 Å². The van der Waals surface area contributed by atoms with Gasteiger partial charge >= 0.3 is 0 Å². The number of hydrogen-bond acceptors (Lipinski definition) is 6. The maximum atomic E-state index is 12.6. The molecule has 8 heteroatoms. The predicted octanol–water partition coefficient (Wildman–Crippen LogP) is 1.39. The molecule has 1 unspecified atom stereocenters. The van der Waals surface area contributed by atoms with E-state index in [-0.39, 0.29) is 23.8 Å². The topological polar surface area (TPSA) is 81.7 Å². The van der Waals surface area contributed by atoms with Crippen LogP contribution in [0.4, 0.5) is 5.95 Å². The molecule has 1 atom stereocenters. The van der Waals surface area contributed by atoms with Crippen LogP contribution in [-0.4, -0.2) is 83.4 Å². The predicted molar refractivity (Wildman–Crippen MR) is 117 cm³/mol. The van der Waals surface area contributed by atoms with Gasteiger partial charge in [-0.1, -0.05) is 13.8 Å². The number of piperidine rings is 1. The average Bonchev–Trinajstić information content (AvgIpc) is 2.78. The van der Waals surface area contributed by atoms with E-state index in [1.54, 1.807) is 12.4 Å². The van der Waals surface area contributed by atoms with Crippen LogP contribution in [0.5, 0.6) is 0 Å². The van der Waals surface area contributed by atoms with Crippen molar-refractivity contribution < 1.29 is 9.59 Å². The molecule has 0 spiro atoms. The van der Waals surface area contributed by atoms with Crippen LogP contribution in [0.15, 0.2) is 18.5 Å². The first-order valence-corrected chi connectivity index (χ1v) is 11.3. The summed E-state index contributed by atoms with van der Waals surface area (Å²) in [6, 6.07) is 2.02. The van der Waals surface area contributed by atoms with E-state index in [0.717, 1.165) is 51.5 Å². The van der Waals surface area contributed by atoms with Crippen LogP contribution in [0.2, 0.25) is 0 Å². The van der Waals surface area contributed by atoms with Crippen molar-refractivity contribution in [2.24, 2.45) is 11.8 Å². The number of nitrogens with zero attached hydrogens (tertiary/aromatic N) is 5. The largest absolute Gasteiger partial charge is 0.353 e. The summed E-state index contributed by atoms with van der Waals surface area (Å²) in [6.07, 6.45) is 5.79. The Morgan fingerprint density at radius 2 is 1.67 bits per heavy atom. The standard InChI is InChI=1S/C22H36N6O2/c1-17(2)18(3)25-21(30)19-5-10-26(11-6-19)12-7-20(29)27-13-15-28(16-14-27)22-23-8-4-9-24-22/h4,8-9,17-19H,5-7,10-16H2,1-3H3,(H,25,30). The zero-order chi connectivity index (χ0) is 21.5. The molecule has 2 amide bonds. The number of hydrogen-bond donors (Lipinski definition) is 1. The van der Waals surface area contributed by atoms with Gasteiger partial charge in [-0.2, -0.15) is 0 Å². The minimum Gasteiger partial charge on any atom is -0.353 e. The Morgan fingerprint density at radius 1 is 1.03 bits per heavy atom. The zero-order valence-corrected chi connectivity index (χ0v) is 18.6. The summed E-state index contributed by atoms with van der Waals surface area (Å²) in [4.78, 5) is 40.0. The monoisotopic (exact) mass is 416 g/mol. The normalized spacial score (nSPS) is 19.7. The number of rotatable bonds is 7. The molecule has 0 saturated carbocycles. The Hall–Kier alpha value is -2.22. The second-order valence-corrected chi connectivity index (χ2v) is 8.82. The van der Waals surface area contributed by atoms with Crippen LogP contribution >= 0.6 is 0 Å². The Kier molecular flexibility index (Phi) is 8.01. The van der Waals surface area contributed by atoms with Crippen molar-refractivity contribution in [2.75, 3.05) is 50.7 Å². The van der Waals surface area contributed by atoms with Gasteiger partial charge in [0.1, 0.15) is 0 Å². The molecule has 166 valence electrons. The number of piperazine rings is 1. The van der Waals surface area contributed by atoms with Crippen LogP contribution in [-0.2, 0) is 9.59 Å². The van der Waals surface area contributed by atoms with Crippen LogP contribution in [0.25, 0.3) is 0 Å². The van der Waals surface area contributed by atoms with E-state index < -0.39 is 0 Å². The minimum atomic E-state index is 0.103. The number of likely N-dealkylation sites (tertiary alicyclic amines) is 1. The lowest BCUT2D eigenvalue weighted by atomic mass is 9.94. The summed E-state index contributed by atoms with van der Waals surface area (Å²) in [6.45, 7) is 11.8. The van der Waals surface area contributed by atoms with E-state index in [4.69, 9.17) is 0 Å². The van der Waals surface area contributed by atoms with Crippen molar-refractivity contribution >= 4 is 17.8 Å². The first-order valence-electron chi connectivity index (χ1n) is 11.3. The second kappa shape index (κ2) is 10.7. The van der Waals surface area contributed by atoms with Gasteiger partial charge in [0.05, 0.1) is 0 Å². The summed E-state index contributed by atoms with van der Waals surface area (Å²) in [5.74, 6) is 1.69. The highest BCUT2D eigenvalue weighted by Gasteiger charge is 2.27. The van der Waals surface area contributed by atoms with Crippen LogP contribution < -0.4 is 10.2 Å². The lowest BCUT2D eigenvalue weighted by Crippen LogP contribution is -2.50. The summed E-state index contributed by atoms with van der Waals surface area (Å²) < 4.78 is 0. The molecule has 2 fully saturated rings. The third kappa shape index (κ3) is 6.14. The molecule has 1 N–H and O–H groups in total. The van der Waals surface area contributed by atoms with Gasteiger partial charge in [-0.25, -0.2) is 9.97 Å². The Bertz CT molecular complexity index is 682. The second-order valence-electron chi connectivity index (χ2n) is 8.82. The first-order chi connectivity index (χ1) is 14.4. The summed E-state index contributed by atoms with van der Waals surface area (Å²) in [7, 11) is 0. The van der Waals surface area contributed by atoms with E-state index in [1.807, 2.05) is 11.0 Å². The van der Waals surface area contributed by atoms with Crippen LogP contribution in [0.1, 0.15) is 40.0 Å². The molecule has 3 rings (SSSR count). The number of anilines is 1. The number of aromatic nitrogens is 2. The third-order valence-corrected chi connectivity index (χ3v) is 6.44. The molecule has 2 aliphatic heterocycles. The molecule has 0 aliphatic carbocycles. The quantitative estimate of drug-likeness (QED) is 0.723. The number of amides is 2. The minimum absolute atomic E-state index is 0.103. The Balaban J connectivity index is 1.34. The highest BCUT2D eigenvalue weighted by atomic mass is 16.2. The van der Waals surface area contributed by atoms with Gasteiger partial charge in [0.2, 0.25) is 17.8 Å². The zero-order valence-electron chi connectivity index (χ0n) is 18.6. The maximum Gasteiger partial charge on any atom is 0.225 e. The maximum absolute atomic E-state index is 12.6. The molecule has 0 bridgehead atoms. The van der Waals surface area contributed by atoms with Gasteiger partial charge in [-0.05, 0) is 44.8 Å². The van der Waals surface area contributed by atoms with Crippen molar-refractivity contribution in [3.05, 3.63) is 18.5 Å². The van der Waals surface area contributed by atoms with Gasteiger partial charge in [0, 0.05) is 63.5 Å². The molecule has 1 aromatic heterocycles. The molecule has 0 radical (unpaired) electrons. The SMILES string of the molecule is CC(C)C(C)NC(=O)C1CCN(CCC(=O)N2CCN(c3ncccn3)CC2)CC1. The van der Waals surface area contributed by atoms with Crippen molar-refractivity contribution in [2.45, 2.75) is 46.1 Å².